The summed E-state index contributed by atoms with van der Waals surface area (Å²) in [5.74, 6) is 2.26. The minimum absolute atomic E-state index is 0. The van der Waals surface area contributed by atoms with Gasteiger partial charge in [-0.05, 0) is 38.5 Å². The van der Waals surface area contributed by atoms with E-state index in [4.69, 9.17) is 9.47 Å². The number of para-hydroxylation sites is 1. The predicted molar refractivity (Wildman–Crippen MR) is 120 cm³/mol. The van der Waals surface area contributed by atoms with Gasteiger partial charge in [0.15, 0.2) is 5.96 Å². The number of hydrogen-bond acceptors (Lipinski definition) is 4. The molecule has 1 aromatic heterocycles. The largest absolute Gasteiger partial charge is 0.492 e. The number of benzene rings is 1. The molecule has 0 atom stereocenters. The lowest BCUT2D eigenvalue weighted by molar-refractivity contribution is 0.232. The van der Waals surface area contributed by atoms with Crippen LogP contribution < -0.4 is 20.1 Å². The number of aromatic nitrogens is 1. The minimum atomic E-state index is 0. The number of aliphatic imine (C=N–C) groups is 1. The molecule has 0 aliphatic rings. The molecule has 7 heteroatoms. The predicted octanol–water partition coefficient (Wildman–Crippen LogP) is 3.62. The molecule has 27 heavy (non-hydrogen) atoms. The van der Waals surface area contributed by atoms with Crippen molar-refractivity contribution in [2.75, 3.05) is 19.7 Å². The van der Waals surface area contributed by atoms with Crippen molar-refractivity contribution in [3.63, 3.8) is 0 Å². The van der Waals surface area contributed by atoms with Crippen LogP contribution in [0.5, 0.6) is 11.6 Å². The maximum Gasteiger partial charge on any atom is 0.213 e. The van der Waals surface area contributed by atoms with Gasteiger partial charge < -0.3 is 20.1 Å². The molecule has 0 aliphatic heterocycles. The van der Waals surface area contributed by atoms with E-state index in [-0.39, 0.29) is 30.1 Å². The summed E-state index contributed by atoms with van der Waals surface area (Å²) >= 11 is 0. The normalized spacial score (nSPS) is 10.9. The van der Waals surface area contributed by atoms with Crippen LogP contribution in [-0.2, 0) is 6.54 Å². The van der Waals surface area contributed by atoms with E-state index in [1.807, 2.05) is 63.2 Å². The van der Waals surface area contributed by atoms with Crippen LogP contribution in [0.1, 0.15) is 26.3 Å². The van der Waals surface area contributed by atoms with Crippen LogP contribution in [0.4, 0.5) is 0 Å². The quantitative estimate of drug-likeness (QED) is 0.246. The molecule has 0 saturated carbocycles. The molecule has 0 fully saturated rings. The summed E-state index contributed by atoms with van der Waals surface area (Å²) < 4.78 is 11.2. The third-order valence-electron chi connectivity index (χ3n) is 3.32. The Balaban J connectivity index is 0.00000364. The highest BCUT2D eigenvalue weighted by Gasteiger charge is 2.01. The summed E-state index contributed by atoms with van der Waals surface area (Å²) in [7, 11) is 0. The molecule has 0 bridgehead atoms. The summed E-state index contributed by atoms with van der Waals surface area (Å²) in [6.45, 7) is 8.58. The number of hydrogen-bond donors (Lipinski definition) is 2. The van der Waals surface area contributed by atoms with Crippen LogP contribution in [-0.4, -0.2) is 36.7 Å². The highest BCUT2D eigenvalue weighted by Crippen LogP contribution is 2.10. The summed E-state index contributed by atoms with van der Waals surface area (Å²) in [4.78, 5) is 8.88. The van der Waals surface area contributed by atoms with E-state index in [0.29, 0.717) is 25.6 Å². The van der Waals surface area contributed by atoms with E-state index in [1.165, 1.54) is 0 Å². The smallest absolute Gasteiger partial charge is 0.213 e. The molecule has 0 unspecified atom stereocenters. The van der Waals surface area contributed by atoms with E-state index >= 15 is 0 Å². The molecular formula is C20H29IN4O2. The molecule has 0 spiro atoms. The maximum atomic E-state index is 5.67. The van der Waals surface area contributed by atoms with E-state index in [0.717, 1.165) is 23.8 Å². The van der Waals surface area contributed by atoms with Gasteiger partial charge in [0.25, 0.3) is 0 Å². The number of pyridine rings is 1. The van der Waals surface area contributed by atoms with Crippen LogP contribution in [0.25, 0.3) is 0 Å². The number of nitrogens with one attached hydrogen (secondary N) is 2. The SMILES string of the molecule is CCNC(=NCc1ccc(OC(C)C)nc1)NCCOc1ccccc1.I. The molecule has 0 amide bonds. The van der Waals surface area contributed by atoms with Gasteiger partial charge in [0.05, 0.1) is 19.2 Å². The van der Waals surface area contributed by atoms with E-state index < -0.39 is 0 Å². The van der Waals surface area contributed by atoms with Crippen molar-refractivity contribution in [2.24, 2.45) is 4.99 Å². The van der Waals surface area contributed by atoms with Crippen molar-refractivity contribution < 1.29 is 9.47 Å². The Kier molecular flexibility index (Phi) is 11.2. The lowest BCUT2D eigenvalue weighted by Crippen LogP contribution is -2.39. The van der Waals surface area contributed by atoms with Gasteiger partial charge in [0, 0.05) is 18.8 Å². The Labute approximate surface area is 178 Å². The van der Waals surface area contributed by atoms with Crippen LogP contribution in [0.15, 0.2) is 53.7 Å². The van der Waals surface area contributed by atoms with Gasteiger partial charge in [-0.1, -0.05) is 24.3 Å². The van der Waals surface area contributed by atoms with Gasteiger partial charge in [-0.3, -0.25) is 0 Å². The number of guanidine groups is 1. The highest BCUT2D eigenvalue weighted by atomic mass is 127. The van der Waals surface area contributed by atoms with Crippen molar-refractivity contribution in [3.8, 4) is 11.6 Å². The molecule has 1 heterocycles. The lowest BCUT2D eigenvalue weighted by atomic mass is 10.3. The zero-order chi connectivity index (χ0) is 18.6. The Bertz CT molecular complexity index is 663. The second kappa shape index (κ2) is 13.2. The zero-order valence-corrected chi connectivity index (χ0v) is 18.5. The first kappa shape index (κ1) is 23.0. The van der Waals surface area contributed by atoms with Gasteiger partial charge in [-0.2, -0.15) is 0 Å². The maximum absolute atomic E-state index is 5.67. The molecule has 2 aromatic rings. The molecule has 2 N–H and O–H groups in total. The Hall–Kier alpha value is -2.03. The van der Waals surface area contributed by atoms with Crippen molar-refractivity contribution in [1.82, 2.24) is 15.6 Å². The fourth-order valence-electron chi connectivity index (χ4n) is 2.18. The summed E-state index contributed by atoms with van der Waals surface area (Å²) in [5.41, 5.74) is 1.03. The number of nitrogens with zero attached hydrogens (tertiary/aromatic N) is 2. The van der Waals surface area contributed by atoms with Gasteiger partial charge >= 0.3 is 0 Å². The molecule has 148 valence electrons. The van der Waals surface area contributed by atoms with Crippen molar-refractivity contribution in [3.05, 3.63) is 54.2 Å². The van der Waals surface area contributed by atoms with E-state index in [1.54, 1.807) is 6.20 Å². The third kappa shape index (κ3) is 9.46. The Morgan fingerprint density at radius 3 is 2.52 bits per heavy atom. The zero-order valence-electron chi connectivity index (χ0n) is 16.1. The monoisotopic (exact) mass is 484 g/mol. The first-order valence-electron chi connectivity index (χ1n) is 8.99. The lowest BCUT2D eigenvalue weighted by Gasteiger charge is -2.12. The molecule has 0 saturated heterocycles. The van der Waals surface area contributed by atoms with Crippen molar-refractivity contribution in [1.29, 1.82) is 0 Å². The molecule has 6 nitrogen and oxygen atoms in total. The van der Waals surface area contributed by atoms with E-state index in [9.17, 15) is 0 Å². The topological polar surface area (TPSA) is 67.8 Å². The minimum Gasteiger partial charge on any atom is -0.492 e. The standard InChI is InChI=1S/C20H28N4O2.HI/c1-4-21-20(22-12-13-25-18-8-6-5-7-9-18)24-15-17-10-11-19(23-14-17)26-16(2)3;/h5-11,14,16H,4,12-13,15H2,1-3H3,(H2,21,22,24);1H. The Morgan fingerprint density at radius 2 is 1.89 bits per heavy atom. The molecule has 0 radical (unpaired) electrons. The van der Waals surface area contributed by atoms with Crippen molar-refractivity contribution >= 4 is 29.9 Å². The molecule has 0 aliphatic carbocycles. The molecule has 2 rings (SSSR count). The average molecular weight is 484 g/mol. The summed E-state index contributed by atoms with van der Waals surface area (Å²) in [5, 5.41) is 6.49. The van der Waals surface area contributed by atoms with Crippen LogP contribution in [0, 0.1) is 0 Å². The second-order valence-electron chi connectivity index (χ2n) is 5.95. The van der Waals surface area contributed by atoms with Crippen LogP contribution in [0.3, 0.4) is 0 Å². The Morgan fingerprint density at radius 1 is 1.11 bits per heavy atom. The van der Waals surface area contributed by atoms with Gasteiger partial charge in [0.2, 0.25) is 5.88 Å². The third-order valence-corrected chi connectivity index (χ3v) is 3.32. The van der Waals surface area contributed by atoms with Crippen molar-refractivity contribution in [2.45, 2.75) is 33.4 Å². The first-order valence-corrected chi connectivity index (χ1v) is 8.99. The molecule has 1 aromatic carbocycles. The van der Waals surface area contributed by atoms with Gasteiger partial charge in [-0.15, -0.1) is 24.0 Å². The number of rotatable bonds is 9. The average Bonchev–Trinajstić information content (AvgIpc) is 2.64. The fraction of sp³-hybridized carbons (Fsp3) is 0.400. The summed E-state index contributed by atoms with van der Waals surface area (Å²) in [6.07, 6.45) is 1.91. The first-order chi connectivity index (χ1) is 12.7. The van der Waals surface area contributed by atoms with Gasteiger partial charge in [-0.25, -0.2) is 9.98 Å². The molecular weight excluding hydrogens is 455 g/mol. The summed E-state index contributed by atoms with van der Waals surface area (Å²) in [6, 6.07) is 13.6. The second-order valence-corrected chi connectivity index (χ2v) is 5.95. The fourth-order valence-corrected chi connectivity index (χ4v) is 2.18. The van der Waals surface area contributed by atoms with Gasteiger partial charge in [0.1, 0.15) is 12.4 Å². The van der Waals surface area contributed by atoms with Crippen LogP contribution >= 0.6 is 24.0 Å². The number of halogens is 1. The van der Waals surface area contributed by atoms with Crippen LogP contribution in [0.2, 0.25) is 0 Å². The van der Waals surface area contributed by atoms with E-state index in [2.05, 4.69) is 20.6 Å². The highest BCUT2D eigenvalue weighted by molar-refractivity contribution is 14.0. The number of ether oxygens (including phenoxy) is 2.